The summed E-state index contributed by atoms with van der Waals surface area (Å²) < 4.78 is 2.24. The van der Waals surface area contributed by atoms with Crippen LogP contribution in [-0.4, -0.2) is 34.5 Å². The smallest absolute Gasteiger partial charge is 0.225 e. The topological polar surface area (TPSA) is 37.3 Å². The Bertz CT molecular complexity index is 522. The molecule has 0 aromatic carbocycles. The Balaban J connectivity index is 1.47. The van der Waals surface area contributed by atoms with Crippen LogP contribution in [0, 0.1) is 19.8 Å². The van der Waals surface area contributed by atoms with Crippen LogP contribution in [0.15, 0.2) is 6.07 Å². The lowest BCUT2D eigenvalue weighted by atomic mass is 10.0. The van der Waals surface area contributed by atoms with E-state index in [0.717, 1.165) is 45.3 Å². The summed E-state index contributed by atoms with van der Waals surface area (Å²) in [6.45, 7) is 7.13. The fourth-order valence-electron chi connectivity index (χ4n) is 3.26. The molecule has 2 heterocycles. The molecule has 0 unspecified atom stereocenters. The highest BCUT2D eigenvalue weighted by molar-refractivity contribution is 5.81. The van der Waals surface area contributed by atoms with Crippen LogP contribution in [0.25, 0.3) is 0 Å². The van der Waals surface area contributed by atoms with Gasteiger partial charge < -0.3 is 14.8 Å². The second-order valence-corrected chi connectivity index (χ2v) is 6.71. The Morgan fingerprint density at radius 3 is 2.43 bits per heavy atom. The molecular weight excluding hydrogens is 262 g/mol. The minimum absolute atomic E-state index is 0.365. The molecule has 0 bridgehead atoms. The van der Waals surface area contributed by atoms with E-state index in [-0.39, 0.29) is 0 Å². The monoisotopic (exact) mass is 289 g/mol. The van der Waals surface area contributed by atoms with E-state index >= 15 is 0 Å². The Hall–Kier alpha value is -1.29. The first-order chi connectivity index (χ1) is 10.1. The van der Waals surface area contributed by atoms with E-state index in [1.807, 2.05) is 0 Å². The highest BCUT2D eigenvalue weighted by Crippen LogP contribution is 2.31. The van der Waals surface area contributed by atoms with Crippen molar-refractivity contribution in [1.29, 1.82) is 0 Å². The number of amides is 1. The maximum Gasteiger partial charge on any atom is 0.225 e. The maximum absolute atomic E-state index is 12.0. The Morgan fingerprint density at radius 1 is 1.24 bits per heavy atom. The predicted octanol–water partition coefficient (Wildman–Crippen LogP) is 2.13. The second-order valence-electron chi connectivity index (χ2n) is 6.71. The van der Waals surface area contributed by atoms with Gasteiger partial charge in [-0.1, -0.05) is 0 Å². The summed E-state index contributed by atoms with van der Waals surface area (Å²) >= 11 is 0. The average molecular weight is 289 g/mol. The van der Waals surface area contributed by atoms with Crippen LogP contribution in [0.2, 0.25) is 0 Å². The van der Waals surface area contributed by atoms with Crippen molar-refractivity contribution in [1.82, 2.24) is 14.8 Å². The molecule has 1 aromatic rings. The zero-order valence-corrected chi connectivity index (χ0v) is 13.5. The number of hydrogen-bond donors (Lipinski definition) is 1. The number of hydrogen-bond acceptors (Lipinski definition) is 2. The zero-order chi connectivity index (χ0) is 15.0. The van der Waals surface area contributed by atoms with Gasteiger partial charge in [-0.15, -0.1) is 0 Å². The molecule has 1 saturated heterocycles. The molecule has 2 aliphatic rings. The van der Waals surface area contributed by atoms with Crippen molar-refractivity contribution in [3.63, 3.8) is 0 Å². The van der Waals surface area contributed by atoms with Gasteiger partial charge in [0, 0.05) is 50.0 Å². The molecule has 1 aliphatic heterocycles. The standard InChI is InChI=1S/C17H27N3O/c1-12-10-15(13(2)19(12)3)11-18-16-6-8-20(9-7-16)17(21)14-4-5-14/h10,14,16,18H,4-9,11H2,1-3H3. The molecule has 1 aliphatic carbocycles. The molecule has 116 valence electrons. The molecule has 3 rings (SSSR count). The number of piperidine rings is 1. The third-order valence-corrected chi connectivity index (χ3v) is 5.19. The van der Waals surface area contributed by atoms with Crippen molar-refractivity contribution in [2.24, 2.45) is 13.0 Å². The largest absolute Gasteiger partial charge is 0.352 e. The predicted molar refractivity (Wildman–Crippen MR) is 84.1 cm³/mol. The number of nitrogens with zero attached hydrogens (tertiary/aromatic N) is 2. The fraction of sp³-hybridized carbons (Fsp3) is 0.706. The highest BCUT2D eigenvalue weighted by Gasteiger charge is 2.34. The first-order valence-electron chi connectivity index (χ1n) is 8.20. The number of likely N-dealkylation sites (tertiary alicyclic amines) is 1. The number of nitrogens with one attached hydrogen (secondary N) is 1. The van der Waals surface area contributed by atoms with E-state index < -0.39 is 0 Å². The molecule has 0 radical (unpaired) electrons. The minimum Gasteiger partial charge on any atom is -0.352 e. The lowest BCUT2D eigenvalue weighted by molar-refractivity contribution is -0.133. The van der Waals surface area contributed by atoms with E-state index in [2.05, 4.69) is 41.7 Å². The third kappa shape index (κ3) is 3.15. The van der Waals surface area contributed by atoms with Gasteiger partial charge in [0.2, 0.25) is 5.91 Å². The van der Waals surface area contributed by atoms with Gasteiger partial charge in [0.05, 0.1) is 0 Å². The minimum atomic E-state index is 0.365. The third-order valence-electron chi connectivity index (χ3n) is 5.19. The van der Waals surface area contributed by atoms with Gasteiger partial charge in [-0.2, -0.15) is 0 Å². The van der Waals surface area contributed by atoms with E-state index in [1.54, 1.807) is 0 Å². The fourth-order valence-corrected chi connectivity index (χ4v) is 3.26. The summed E-state index contributed by atoms with van der Waals surface area (Å²) in [5.74, 6) is 0.771. The molecular formula is C17H27N3O. The zero-order valence-electron chi connectivity index (χ0n) is 13.5. The summed E-state index contributed by atoms with van der Waals surface area (Å²) in [4.78, 5) is 14.1. The second kappa shape index (κ2) is 5.84. The maximum atomic E-state index is 12.0. The van der Waals surface area contributed by atoms with Crippen molar-refractivity contribution in [2.75, 3.05) is 13.1 Å². The van der Waals surface area contributed by atoms with Gasteiger partial charge >= 0.3 is 0 Å². The van der Waals surface area contributed by atoms with Crippen LogP contribution in [0.1, 0.15) is 42.6 Å². The molecule has 0 atom stereocenters. The summed E-state index contributed by atoms with van der Waals surface area (Å²) in [5, 5.41) is 3.67. The Labute approximate surface area is 127 Å². The van der Waals surface area contributed by atoms with Crippen LogP contribution in [0.3, 0.4) is 0 Å². The Kier molecular flexibility index (Phi) is 4.07. The average Bonchev–Trinajstić information content (AvgIpc) is 3.30. The van der Waals surface area contributed by atoms with E-state index in [9.17, 15) is 4.79 Å². The van der Waals surface area contributed by atoms with Gasteiger partial charge in [-0.05, 0) is 51.2 Å². The van der Waals surface area contributed by atoms with Gasteiger partial charge in [0.25, 0.3) is 0 Å². The number of carbonyl (C=O) groups is 1. The Morgan fingerprint density at radius 2 is 1.90 bits per heavy atom. The SMILES string of the molecule is Cc1cc(CNC2CCN(C(=O)C3CC3)CC2)c(C)n1C. The highest BCUT2D eigenvalue weighted by atomic mass is 16.2. The summed E-state index contributed by atoms with van der Waals surface area (Å²) in [6, 6.07) is 2.82. The van der Waals surface area contributed by atoms with Crippen molar-refractivity contribution < 1.29 is 4.79 Å². The number of rotatable bonds is 4. The molecule has 21 heavy (non-hydrogen) atoms. The van der Waals surface area contributed by atoms with Crippen LogP contribution < -0.4 is 5.32 Å². The van der Waals surface area contributed by atoms with Crippen LogP contribution in [-0.2, 0) is 18.4 Å². The molecule has 0 spiro atoms. The normalized spacial score (nSPS) is 20.0. The van der Waals surface area contributed by atoms with Crippen LogP contribution in [0.5, 0.6) is 0 Å². The molecule has 2 fully saturated rings. The van der Waals surface area contributed by atoms with Gasteiger partial charge in [0.15, 0.2) is 0 Å². The van der Waals surface area contributed by atoms with E-state index in [4.69, 9.17) is 0 Å². The van der Waals surface area contributed by atoms with Crippen LogP contribution >= 0.6 is 0 Å². The van der Waals surface area contributed by atoms with E-state index in [0.29, 0.717) is 17.9 Å². The number of aryl methyl sites for hydroxylation is 1. The molecule has 4 nitrogen and oxygen atoms in total. The van der Waals surface area contributed by atoms with Crippen molar-refractivity contribution in [2.45, 2.75) is 52.1 Å². The molecule has 1 amide bonds. The lowest BCUT2D eigenvalue weighted by Gasteiger charge is -2.32. The van der Waals surface area contributed by atoms with Crippen molar-refractivity contribution in [3.8, 4) is 0 Å². The van der Waals surface area contributed by atoms with Gasteiger partial charge in [0.1, 0.15) is 0 Å². The number of carbonyl (C=O) groups excluding carboxylic acids is 1. The first-order valence-corrected chi connectivity index (χ1v) is 8.20. The molecule has 1 aromatic heterocycles. The van der Waals surface area contributed by atoms with E-state index in [1.165, 1.54) is 17.0 Å². The molecule has 4 heteroatoms. The lowest BCUT2D eigenvalue weighted by Crippen LogP contribution is -2.45. The molecule has 1 saturated carbocycles. The summed E-state index contributed by atoms with van der Waals surface area (Å²) in [6.07, 6.45) is 4.40. The summed E-state index contributed by atoms with van der Waals surface area (Å²) in [5.41, 5.74) is 4.06. The van der Waals surface area contributed by atoms with Crippen molar-refractivity contribution >= 4 is 5.91 Å². The first kappa shape index (κ1) is 14.6. The quantitative estimate of drug-likeness (QED) is 0.922. The number of aromatic nitrogens is 1. The van der Waals surface area contributed by atoms with Gasteiger partial charge in [-0.25, -0.2) is 0 Å². The molecule has 1 N–H and O–H groups in total. The van der Waals surface area contributed by atoms with Gasteiger partial charge in [-0.3, -0.25) is 4.79 Å². The summed E-state index contributed by atoms with van der Waals surface area (Å²) in [7, 11) is 2.12. The van der Waals surface area contributed by atoms with Crippen molar-refractivity contribution in [3.05, 3.63) is 23.0 Å². The van der Waals surface area contributed by atoms with Crippen LogP contribution in [0.4, 0.5) is 0 Å².